The zero-order valence-corrected chi connectivity index (χ0v) is 8.74. The van der Waals surface area contributed by atoms with Crippen LogP contribution in [0.2, 0.25) is 0 Å². The van der Waals surface area contributed by atoms with Gasteiger partial charge >= 0.3 is 0 Å². The van der Waals surface area contributed by atoms with E-state index >= 15 is 0 Å². The van der Waals surface area contributed by atoms with Crippen LogP contribution >= 0.6 is 31.9 Å². The van der Waals surface area contributed by atoms with Gasteiger partial charge in [-0.25, -0.2) is 0 Å². The summed E-state index contributed by atoms with van der Waals surface area (Å²) in [6.07, 6.45) is 0. The first-order chi connectivity index (χ1) is 4.35. The van der Waals surface area contributed by atoms with E-state index in [1.807, 2.05) is 6.92 Å². The molecule has 0 aromatic carbocycles. The van der Waals surface area contributed by atoms with Crippen LogP contribution in [0.3, 0.4) is 0 Å². The maximum Gasteiger partial charge on any atom is 0.0510 e. The summed E-state index contributed by atoms with van der Waals surface area (Å²) >= 11 is 6.79. The Balaban J connectivity index is 3.09. The monoisotopic (exact) mass is 258 g/mol. The molecule has 0 saturated heterocycles. The van der Waals surface area contributed by atoms with Crippen molar-refractivity contribution in [2.45, 2.75) is 6.92 Å². The molecule has 0 spiro atoms. The van der Waals surface area contributed by atoms with Gasteiger partial charge < -0.3 is 4.74 Å². The largest absolute Gasteiger partial charge is 0.381 e. The van der Waals surface area contributed by atoms with E-state index in [2.05, 4.69) is 31.9 Å². The summed E-state index contributed by atoms with van der Waals surface area (Å²) in [7, 11) is 0. The molecule has 56 valence electrons. The summed E-state index contributed by atoms with van der Waals surface area (Å²) in [5, 5.41) is 2.02. The van der Waals surface area contributed by atoms with Crippen molar-refractivity contribution in [1.29, 1.82) is 0 Å². The molecule has 0 N–H and O–H groups in total. The fourth-order valence-corrected chi connectivity index (χ4v) is 1.86. The van der Waals surface area contributed by atoms with Crippen molar-refractivity contribution in [3.63, 3.8) is 0 Å². The Morgan fingerprint density at radius 3 is 2.22 bits per heavy atom. The Morgan fingerprint density at radius 1 is 1.33 bits per heavy atom. The van der Waals surface area contributed by atoms with Gasteiger partial charge in [0.05, 0.1) is 6.61 Å². The van der Waals surface area contributed by atoms with Crippen LogP contribution in [0.15, 0.2) is 0 Å². The zero-order chi connectivity index (χ0) is 7.11. The second-order valence-corrected chi connectivity index (χ2v) is 3.13. The van der Waals surface area contributed by atoms with Gasteiger partial charge in [-0.15, -0.1) is 0 Å². The Morgan fingerprint density at radius 2 is 1.89 bits per heavy atom. The lowest BCUT2D eigenvalue weighted by atomic mass is 10.2. The first kappa shape index (κ1) is 9.92. The molecular weight excluding hydrogens is 248 g/mol. The Kier molecular flexibility index (Phi) is 7.75. The maximum atomic E-state index is 5.22. The van der Waals surface area contributed by atoms with Crippen LogP contribution in [0.5, 0.6) is 0 Å². The van der Waals surface area contributed by atoms with Crippen LogP contribution in [-0.2, 0) is 4.74 Å². The van der Waals surface area contributed by atoms with Gasteiger partial charge in [0.1, 0.15) is 0 Å². The fourth-order valence-electron chi connectivity index (χ4n) is 0.415. The van der Waals surface area contributed by atoms with E-state index in [1.54, 1.807) is 0 Å². The number of hydrogen-bond acceptors (Lipinski definition) is 1. The third-order valence-corrected chi connectivity index (χ3v) is 2.83. The quantitative estimate of drug-likeness (QED) is 0.690. The molecule has 1 nitrogen and oxygen atoms in total. The van der Waals surface area contributed by atoms with E-state index < -0.39 is 0 Å². The summed E-state index contributed by atoms with van der Waals surface area (Å²) in [5.41, 5.74) is 0. The van der Waals surface area contributed by atoms with Gasteiger partial charge in [0.15, 0.2) is 0 Å². The molecule has 0 radical (unpaired) electrons. The van der Waals surface area contributed by atoms with Crippen LogP contribution in [0, 0.1) is 5.92 Å². The molecular formula is C6H12Br2O. The van der Waals surface area contributed by atoms with Crippen LogP contribution in [-0.4, -0.2) is 23.9 Å². The first-order valence-corrected chi connectivity index (χ1v) is 5.29. The van der Waals surface area contributed by atoms with Crippen molar-refractivity contribution in [3.05, 3.63) is 0 Å². The van der Waals surface area contributed by atoms with Crippen molar-refractivity contribution >= 4 is 31.9 Å². The van der Waals surface area contributed by atoms with Gasteiger partial charge in [0, 0.05) is 23.2 Å². The second-order valence-electron chi connectivity index (χ2n) is 1.83. The van der Waals surface area contributed by atoms with Gasteiger partial charge in [-0.2, -0.15) is 0 Å². The van der Waals surface area contributed by atoms with E-state index in [4.69, 9.17) is 4.74 Å². The minimum Gasteiger partial charge on any atom is -0.381 e. The lowest BCUT2D eigenvalue weighted by molar-refractivity contribution is 0.125. The minimum atomic E-state index is 0.616. The topological polar surface area (TPSA) is 9.23 Å². The van der Waals surface area contributed by atoms with Crippen LogP contribution in [0.1, 0.15) is 6.92 Å². The van der Waals surface area contributed by atoms with E-state index in [9.17, 15) is 0 Å². The van der Waals surface area contributed by atoms with Gasteiger partial charge in [0.25, 0.3) is 0 Å². The molecule has 0 unspecified atom stereocenters. The third-order valence-electron chi connectivity index (χ3n) is 0.994. The highest BCUT2D eigenvalue weighted by atomic mass is 79.9. The molecule has 0 aromatic rings. The van der Waals surface area contributed by atoms with Crippen LogP contribution in [0.25, 0.3) is 0 Å². The number of hydrogen-bond donors (Lipinski definition) is 0. The molecule has 0 fully saturated rings. The lowest BCUT2D eigenvalue weighted by Gasteiger charge is -2.08. The molecule has 0 saturated carbocycles. The van der Waals surface area contributed by atoms with Crippen molar-refractivity contribution in [2.24, 2.45) is 5.92 Å². The molecule has 0 atom stereocenters. The van der Waals surface area contributed by atoms with Crippen molar-refractivity contribution < 1.29 is 4.74 Å². The highest BCUT2D eigenvalue weighted by molar-refractivity contribution is 9.09. The summed E-state index contributed by atoms with van der Waals surface area (Å²) in [6, 6.07) is 0. The number of ether oxygens (including phenoxy) is 1. The third kappa shape index (κ3) is 5.37. The predicted molar refractivity (Wildman–Crippen MR) is 47.6 cm³/mol. The summed E-state index contributed by atoms with van der Waals surface area (Å²) < 4.78 is 5.22. The molecule has 9 heavy (non-hydrogen) atoms. The normalized spacial score (nSPS) is 10.7. The lowest BCUT2D eigenvalue weighted by Crippen LogP contribution is -2.12. The van der Waals surface area contributed by atoms with Gasteiger partial charge in [-0.05, 0) is 6.92 Å². The van der Waals surface area contributed by atoms with Crippen LogP contribution < -0.4 is 0 Å². The molecule has 0 amide bonds. The minimum absolute atomic E-state index is 0.616. The summed E-state index contributed by atoms with van der Waals surface area (Å²) in [6.45, 7) is 3.68. The highest BCUT2D eigenvalue weighted by Crippen LogP contribution is 2.05. The maximum absolute atomic E-state index is 5.22. The first-order valence-electron chi connectivity index (χ1n) is 3.04. The number of alkyl halides is 2. The molecule has 3 heteroatoms. The number of halogens is 2. The van der Waals surface area contributed by atoms with E-state index in [-0.39, 0.29) is 0 Å². The van der Waals surface area contributed by atoms with Crippen molar-refractivity contribution in [1.82, 2.24) is 0 Å². The van der Waals surface area contributed by atoms with E-state index in [0.29, 0.717) is 5.92 Å². The highest BCUT2D eigenvalue weighted by Gasteiger charge is 2.02. The molecule has 0 rings (SSSR count). The van der Waals surface area contributed by atoms with Gasteiger partial charge in [-0.1, -0.05) is 31.9 Å². The summed E-state index contributed by atoms with van der Waals surface area (Å²) in [4.78, 5) is 0. The van der Waals surface area contributed by atoms with Crippen molar-refractivity contribution in [2.75, 3.05) is 23.9 Å². The zero-order valence-electron chi connectivity index (χ0n) is 5.57. The molecule has 0 aromatic heterocycles. The predicted octanol–water partition coefficient (Wildman–Crippen LogP) is 2.43. The van der Waals surface area contributed by atoms with Gasteiger partial charge in [0.2, 0.25) is 0 Å². The molecule has 0 heterocycles. The standard InChI is InChI=1S/C6H12Br2O/c1-2-9-5-6(3-7)4-8/h6H,2-5H2,1H3. The Labute approximate surface area is 73.4 Å². The Bertz CT molecular complexity index is 55.0. The molecule has 0 aliphatic carbocycles. The van der Waals surface area contributed by atoms with Crippen LogP contribution in [0.4, 0.5) is 0 Å². The van der Waals surface area contributed by atoms with Gasteiger partial charge in [-0.3, -0.25) is 0 Å². The smallest absolute Gasteiger partial charge is 0.0510 e. The fraction of sp³-hybridized carbons (Fsp3) is 1.00. The van der Waals surface area contributed by atoms with Crippen molar-refractivity contribution in [3.8, 4) is 0 Å². The average molecular weight is 260 g/mol. The second kappa shape index (κ2) is 7.03. The van der Waals surface area contributed by atoms with E-state index in [0.717, 1.165) is 23.9 Å². The molecule has 0 aliphatic heterocycles. The summed E-state index contributed by atoms with van der Waals surface area (Å²) in [5.74, 6) is 0.616. The number of rotatable bonds is 5. The Hall–Kier alpha value is 0.920. The SMILES string of the molecule is CCOCC(CBr)CBr. The molecule has 0 aliphatic rings. The van der Waals surface area contributed by atoms with E-state index in [1.165, 1.54) is 0 Å². The molecule has 0 bridgehead atoms. The average Bonchev–Trinajstić information content (AvgIpc) is 1.91.